The lowest BCUT2D eigenvalue weighted by Crippen LogP contribution is -2.27. The van der Waals surface area contributed by atoms with Crippen molar-refractivity contribution >= 4 is 11.6 Å². The number of rotatable bonds is 6. The van der Waals surface area contributed by atoms with Gasteiger partial charge in [-0.15, -0.1) is 10.2 Å². The number of amides is 1. The zero-order chi connectivity index (χ0) is 18.5. The van der Waals surface area contributed by atoms with Crippen molar-refractivity contribution in [3.05, 3.63) is 76.2 Å². The maximum atomic E-state index is 12.3. The predicted octanol–water partition coefficient (Wildman–Crippen LogP) is 2.85. The third-order valence-corrected chi connectivity index (χ3v) is 3.79. The van der Waals surface area contributed by atoms with E-state index in [2.05, 4.69) is 10.2 Å². The van der Waals surface area contributed by atoms with E-state index in [-0.39, 0.29) is 24.6 Å². The van der Waals surface area contributed by atoms with Crippen LogP contribution < -0.4 is 0 Å². The number of carbonyl (C=O) groups is 1. The summed E-state index contributed by atoms with van der Waals surface area (Å²) in [6.07, 6.45) is 0.133. The minimum Gasteiger partial charge on any atom is -0.419 e. The van der Waals surface area contributed by atoms with Crippen molar-refractivity contribution in [2.24, 2.45) is 0 Å². The van der Waals surface area contributed by atoms with E-state index >= 15 is 0 Å². The van der Waals surface area contributed by atoms with Crippen LogP contribution in [0.5, 0.6) is 0 Å². The summed E-state index contributed by atoms with van der Waals surface area (Å²) < 4.78 is 5.59. The van der Waals surface area contributed by atoms with E-state index in [1.807, 2.05) is 30.3 Å². The minimum absolute atomic E-state index is 0.00569. The Labute approximate surface area is 149 Å². The van der Waals surface area contributed by atoms with Gasteiger partial charge in [0.1, 0.15) is 0 Å². The Morgan fingerprint density at radius 1 is 1.12 bits per heavy atom. The quantitative estimate of drug-likeness (QED) is 0.499. The molecule has 3 aromatic rings. The van der Waals surface area contributed by atoms with E-state index in [1.165, 1.54) is 17.0 Å². The van der Waals surface area contributed by atoms with Crippen molar-refractivity contribution < 1.29 is 14.1 Å². The first-order valence-electron chi connectivity index (χ1n) is 7.88. The van der Waals surface area contributed by atoms with Crippen molar-refractivity contribution in [2.45, 2.75) is 13.0 Å². The van der Waals surface area contributed by atoms with Crippen LogP contribution in [0.3, 0.4) is 0 Å². The number of benzene rings is 2. The van der Waals surface area contributed by atoms with Crippen molar-refractivity contribution in [3.8, 4) is 11.5 Å². The van der Waals surface area contributed by atoms with Crippen LogP contribution in [-0.4, -0.2) is 33.0 Å². The molecule has 132 valence electrons. The largest absolute Gasteiger partial charge is 0.419 e. The van der Waals surface area contributed by atoms with Crippen molar-refractivity contribution in [2.75, 3.05) is 7.05 Å². The van der Waals surface area contributed by atoms with Crippen LogP contribution in [0.4, 0.5) is 5.69 Å². The van der Waals surface area contributed by atoms with Crippen LogP contribution in [0.2, 0.25) is 0 Å². The van der Waals surface area contributed by atoms with Crippen LogP contribution in [0, 0.1) is 10.1 Å². The Hall–Kier alpha value is -3.55. The maximum Gasteiger partial charge on any atom is 0.269 e. The number of aromatic nitrogens is 2. The maximum absolute atomic E-state index is 12.3. The molecule has 1 heterocycles. The van der Waals surface area contributed by atoms with E-state index in [9.17, 15) is 14.9 Å². The standard InChI is InChI=1S/C18H16N4O4/c1-21(17(23)11-13-7-9-15(10-8-13)22(24)25)12-16-19-20-18(26-16)14-5-3-2-4-6-14/h2-10H,11-12H2,1H3. The summed E-state index contributed by atoms with van der Waals surface area (Å²) >= 11 is 0. The fraction of sp³-hybridized carbons (Fsp3) is 0.167. The SMILES string of the molecule is CN(Cc1nnc(-c2ccccc2)o1)C(=O)Cc1ccc([N+](=O)[O-])cc1. The van der Waals surface area contributed by atoms with Crippen LogP contribution in [0.1, 0.15) is 11.5 Å². The lowest BCUT2D eigenvalue weighted by molar-refractivity contribution is -0.384. The number of nitrogens with zero attached hydrogens (tertiary/aromatic N) is 4. The van der Waals surface area contributed by atoms with Crippen LogP contribution in [0.15, 0.2) is 59.0 Å². The molecule has 0 N–H and O–H groups in total. The van der Waals surface area contributed by atoms with Gasteiger partial charge in [-0.25, -0.2) is 0 Å². The highest BCUT2D eigenvalue weighted by Crippen LogP contribution is 2.18. The molecule has 0 radical (unpaired) electrons. The molecule has 0 atom stereocenters. The van der Waals surface area contributed by atoms with Gasteiger partial charge in [-0.05, 0) is 17.7 Å². The van der Waals surface area contributed by atoms with Gasteiger partial charge in [-0.1, -0.05) is 30.3 Å². The molecule has 0 unspecified atom stereocenters. The Morgan fingerprint density at radius 2 is 1.81 bits per heavy atom. The van der Waals surface area contributed by atoms with Gasteiger partial charge in [-0.2, -0.15) is 0 Å². The molecular formula is C18H16N4O4. The lowest BCUT2D eigenvalue weighted by atomic mass is 10.1. The second-order valence-corrected chi connectivity index (χ2v) is 5.72. The number of carbonyl (C=O) groups excluding carboxylic acids is 1. The first-order chi connectivity index (χ1) is 12.5. The molecule has 0 aliphatic carbocycles. The van der Waals surface area contributed by atoms with Gasteiger partial charge in [0.05, 0.1) is 17.9 Å². The molecule has 8 nitrogen and oxygen atoms in total. The average Bonchev–Trinajstić information content (AvgIpc) is 3.11. The van der Waals surface area contributed by atoms with Gasteiger partial charge in [0, 0.05) is 24.7 Å². The fourth-order valence-electron chi connectivity index (χ4n) is 2.35. The van der Waals surface area contributed by atoms with E-state index in [4.69, 9.17) is 4.42 Å². The Bertz CT molecular complexity index is 906. The van der Waals surface area contributed by atoms with Crippen molar-refractivity contribution in [1.29, 1.82) is 0 Å². The van der Waals surface area contributed by atoms with Crippen molar-refractivity contribution in [3.63, 3.8) is 0 Å². The molecular weight excluding hydrogens is 336 g/mol. The monoisotopic (exact) mass is 352 g/mol. The van der Waals surface area contributed by atoms with Crippen LogP contribution in [0.25, 0.3) is 11.5 Å². The number of hydrogen-bond donors (Lipinski definition) is 0. The molecule has 0 spiro atoms. The topological polar surface area (TPSA) is 102 Å². The van der Waals surface area contributed by atoms with E-state index < -0.39 is 4.92 Å². The Kier molecular flexibility index (Phi) is 5.02. The number of nitro benzene ring substituents is 1. The van der Waals surface area contributed by atoms with E-state index in [0.717, 1.165) is 5.56 Å². The highest BCUT2D eigenvalue weighted by atomic mass is 16.6. The molecule has 2 aromatic carbocycles. The molecule has 0 fully saturated rings. The fourth-order valence-corrected chi connectivity index (χ4v) is 2.35. The van der Waals surface area contributed by atoms with Gasteiger partial charge < -0.3 is 9.32 Å². The average molecular weight is 352 g/mol. The number of nitro groups is 1. The predicted molar refractivity (Wildman–Crippen MR) is 93.0 cm³/mol. The summed E-state index contributed by atoms with van der Waals surface area (Å²) in [6.45, 7) is 0.186. The highest BCUT2D eigenvalue weighted by molar-refractivity contribution is 5.78. The highest BCUT2D eigenvalue weighted by Gasteiger charge is 2.15. The zero-order valence-corrected chi connectivity index (χ0v) is 14.0. The molecule has 3 rings (SSSR count). The summed E-state index contributed by atoms with van der Waals surface area (Å²) in [5.41, 5.74) is 1.50. The third kappa shape index (κ3) is 4.10. The van der Waals surface area contributed by atoms with Gasteiger partial charge in [-0.3, -0.25) is 14.9 Å². The number of likely N-dealkylation sites (N-methyl/N-ethyl adjacent to an activating group) is 1. The minimum atomic E-state index is -0.475. The second-order valence-electron chi connectivity index (χ2n) is 5.72. The van der Waals surface area contributed by atoms with Gasteiger partial charge >= 0.3 is 0 Å². The molecule has 0 aliphatic rings. The molecule has 26 heavy (non-hydrogen) atoms. The van der Waals surface area contributed by atoms with E-state index in [1.54, 1.807) is 19.2 Å². The summed E-state index contributed by atoms with van der Waals surface area (Å²) in [4.78, 5) is 24.0. The molecule has 0 bridgehead atoms. The third-order valence-electron chi connectivity index (χ3n) is 3.79. The summed E-state index contributed by atoms with van der Waals surface area (Å²) in [6, 6.07) is 15.3. The number of hydrogen-bond acceptors (Lipinski definition) is 6. The van der Waals surface area contributed by atoms with Gasteiger partial charge in [0.25, 0.3) is 5.69 Å². The van der Waals surface area contributed by atoms with Gasteiger partial charge in [0.2, 0.25) is 17.7 Å². The normalized spacial score (nSPS) is 10.5. The van der Waals surface area contributed by atoms with Crippen LogP contribution in [-0.2, 0) is 17.8 Å². The van der Waals surface area contributed by atoms with Gasteiger partial charge in [0.15, 0.2) is 0 Å². The second kappa shape index (κ2) is 7.56. The summed E-state index contributed by atoms with van der Waals surface area (Å²) in [5.74, 6) is 0.582. The van der Waals surface area contributed by atoms with Crippen LogP contribution >= 0.6 is 0 Å². The van der Waals surface area contributed by atoms with Crippen molar-refractivity contribution in [1.82, 2.24) is 15.1 Å². The molecule has 0 aliphatic heterocycles. The molecule has 1 amide bonds. The summed E-state index contributed by atoms with van der Waals surface area (Å²) in [5, 5.41) is 18.6. The number of non-ortho nitro benzene ring substituents is 1. The van der Waals surface area contributed by atoms with E-state index in [0.29, 0.717) is 17.3 Å². The molecule has 8 heteroatoms. The molecule has 0 saturated carbocycles. The molecule has 1 aromatic heterocycles. The summed E-state index contributed by atoms with van der Waals surface area (Å²) in [7, 11) is 1.64. The lowest BCUT2D eigenvalue weighted by Gasteiger charge is -2.14. The first kappa shape index (κ1) is 17.3. The zero-order valence-electron chi connectivity index (χ0n) is 14.0. The first-order valence-corrected chi connectivity index (χ1v) is 7.88. The Balaban J connectivity index is 1.61. The Morgan fingerprint density at radius 3 is 2.46 bits per heavy atom. The molecule has 0 saturated heterocycles. The smallest absolute Gasteiger partial charge is 0.269 e.